The van der Waals surface area contributed by atoms with Crippen LogP contribution in [0.15, 0.2) is 12.1 Å². The number of ether oxygens (including phenoxy) is 1. The lowest BCUT2D eigenvalue weighted by Gasteiger charge is -2.18. The van der Waals surface area contributed by atoms with E-state index in [9.17, 15) is 4.79 Å². The van der Waals surface area contributed by atoms with Crippen LogP contribution in [-0.2, 0) is 4.79 Å². The Morgan fingerprint density at radius 2 is 1.88 bits per heavy atom. The summed E-state index contributed by atoms with van der Waals surface area (Å²) in [6.45, 7) is 9.89. The van der Waals surface area contributed by atoms with Crippen LogP contribution in [0, 0.1) is 6.07 Å². The first-order valence-electron chi connectivity index (χ1n) is 5.66. The van der Waals surface area contributed by atoms with Crippen molar-refractivity contribution in [2.24, 2.45) is 0 Å². The van der Waals surface area contributed by atoms with E-state index in [1.807, 2.05) is 12.1 Å². The molecule has 0 unspecified atom stereocenters. The minimum absolute atomic E-state index is 0.293. The van der Waals surface area contributed by atoms with Crippen LogP contribution in [0.5, 0.6) is 5.75 Å². The molecular formula is C14H19O2. The van der Waals surface area contributed by atoms with Crippen molar-refractivity contribution < 1.29 is 9.53 Å². The normalized spacial score (nSPS) is 10.9. The molecule has 0 amide bonds. The predicted molar refractivity (Wildman–Crippen MR) is 64.8 cm³/mol. The van der Waals surface area contributed by atoms with Crippen molar-refractivity contribution in [3.8, 4) is 5.75 Å². The molecule has 0 fully saturated rings. The summed E-state index contributed by atoms with van der Waals surface area (Å²) in [6.07, 6.45) is 0. The topological polar surface area (TPSA) is 26.3 Å². The van der Waals surface area contributed by atoms with Crippen LogP contribution in [0.2, 0.25) is 0 Å². The molecule has 0 aliphatic carbocycles. The van der Waals surface area contributed by atoms with E-state index in [-0.39, 0.29) is 5.97 Å². The van der Waals surface area contributed by atoms with E-state index < -0.39 is 0 Å². The maximum absolute atomic E-state index is 11.0. The average molecular weight is 219 g/mol. The quantitative estimate of drug-likeness (QED) is 0.573. The molecule has 2 nitrogen and oxygen atoms in total. The summed E-state index contributed by atoms with van der Waals surface area (Å²) in [4.78, 5) is 11.0. The summed E-state index contributed by atoms with van der Waals surface area (Å²) in [5, 5.41) is 0. The third kappa shape index (κ3) is 2.84. The summed E-state index contributed by atoms with van der Waals surface area (Å²) >= 11 is 0. The Hall–Kier alpha value is -1.31. The summed E-state index contributed by atoms with van der Waals surface area (Å²) in [7, 11) is 0. The van der Waals surface area contributed by atoms with Gasteiger partial charge in [0.15, 0.2) is 0 Å². The second-order valence-corrected chi connectivity index (χ2v) is 4.58. The third-order valence-electron chi connectivity index (χ3n) is 2.48. The monoisotopic (exact) mass is 219 g/mol. The van der Waals surface area contributed by atoms with Gasteiger partial charge in [-0.05, 0) is 17.4 Å². The molecule has 0 aliphatic heterocycles. The Morgan fingerprint density at radius 1 is 1.25 bits per heavy atom. The molecule has 0 saturated heterocycles. The van der Waals surface area contributed by atoms with Crippen molar-refractivity contribution >= 4 is 5.97 Å². The molecule has 1 rings (SSSR count). The minimum atomic E-state index is -0.293. The largest absolute Gasteiger partial charge is 0.426 e. The van der Waals surface area contributed by atoms with Gasteiger partial charge in [0.05, 0.1) is 0 Å². The predicted octanol–water partition coefficient (Wildman–Crippen LogP) is 3.66. The zero-order valence-corrected chi connectivity index (χ0v) is 10.6. The molecule has 0 saturated carbocycles. The summed E-state index contributed by atoms with van der Waals surface area (Å²) in [6, 6.07) is 6.87. The zero-order valence-electron chi connectivity index (χ0n) is 10.6. The summed E-state index contributed by atoms with van der Waals surface area (Å²) < 4.78 is 5.20. The van der Waals surface area contributed by atoms with Gasteiger partial charge in [-0.15, -0.1) is 0 Å². The van der Waals surface area contributed by atoms with Crippen LogP contribution < -0.4 is 4.74 Å². The number of rotatable bonds is 3. The van der Waals surface area contributed by atoms with Gasteiger partial charge in [-0.25, -0.2) is 0 Å². The Bertz CT molecular complexity index is 378. The highest BCUT2D eigenvalue weighted by Crippen LogP contribution is 2.33. The van der Waals surface area contributed by atoms with Gasteiger partial charge in [0.2, 0.25) is 0 Å². The van der Waals surface area contributed by atoms with Crippen LogP contribution in [0.4, 0.5) is 0 Å². The molecule has 2 heteroatoms. The SMILES string of the molecule is CC(=O)Oc1[c]ccc(C(C)C)c1C(C)C. The number of carbonyl (C=O) groups excluding carboxylic acids is 1. The fourth-order valence-corrected chi connectivity index (χ4v) is 1.83. The molecule has 0 atom stereocenters. The van der Waals surface area contributed by atoms with E-state index in [1.54, 1.807) is 0 Å². The zero-order chi connectivity index (χ0) is 12.3. The molecule has 0 aromatic heterocycles. The molecule has 16 heavy (non-hydrogen) atoms. The van der Waals surface area contributed by atoms with Crippen LogP contribution in [-0.4, -0.2) is 5.97 Å². The van der Waals surface area contributed by atoms with E-state index in [4.69, 9.17) is 4.74 Å². The number of carbonyl (C=O) groups is 1. The lowest BCUT2D eigenvalue weighted by atomic mass is 9.90. The number of hydrogen-bond acceptors (Lipinski definition) is 2. The van der Waals surface area contributed by atoms with Crippen molar-refractivity contribution in [3.63, 3.8) is 0 Å². The van der Waals surface area contributed by atoms with Crippen molar-refractivity contribution in [3.05, 3.63) is 29.3 Å². The maximum atomic E-state index is 11.0. The van der Waals surface area contributed by atoms with Gasteiger partial charge < -0.3 is 4.74 Å². The molecule has 0 spiro atoms. The number of hydrogen-bond donors (Lipinski definition) is 0. The van der Waals surface area contributed by atoms with Gasteiger partial charge in [-0.3, -0.25) is 4.79 Å². The Kier molecular flexibility index (Phi) is 4.11. The average Bonchev–Trinajstić information content (AvgIpc) is 2.15. The molecule has 1 aromatic rings. The third-order valence-corrected chi connectivity index (χ3v) is 2.48. The second-order valence-electron chi connectivity index (χ2n) is 4.58. The number of benzene rings is 1. The summed E-state index contributed by atoms with van der Waals surface area (Å²) in [5.41, 5.74) is 2.32. The van der Waals surface area contributed by atoms with Gasteiger partial charge in [-0.2, -0.15) is 0 Å². The summed E-state index contributed by atoms with van der Waals surface area (Å²) in [5.74, 6) is 1.03. The lowest BCUT2D eigenvalue weighted by Crippen LogP contribution is -2.07. The van der Waals surface area contributed by atoms with E-state index in [2.05, 4.69) is 33.8 Å². The van der Waals surface area contributed by atoms with Crippen molar-refractivity contribution in [1.29, 1.82) is 0 Å². The highest BCUT2D eigenvalue weighted by atomic mass is 16.5. The first-order chi connectivity index (χ1) is 7.43. The van der Waals surface area contributed by atoms with Crippen LogP contribution in [0.3, 0.4) is 0 Å². The minimum Gasteiger partial charge on any atom is -0.426 e. The molecule has 0 N–H and O–H groups in total. The molecule has 0 aliphatic rings. The fourth-order valence-electron chi connectivity index (χ4n) is 1.83. The second kappa shape index (κ2) is 5.15. The highest BCUT2D eigenvalue weighted by Gasteiger charge is 2.16. The molecule has 0 bridgehead atoms. The van der Waals surface area contributed by atoms with E-state index >= 15 is 0 Å². The van der Waals surface area contributed by atoms with E-state index in [0.29, 0.717) is 17.6 Å². The van der Waals surface area contributed by atoms with Gasteiger partial charge in [0.25, 0.3) is 0 Å². The Morgan fingerprint density at radius 3 is 2.31 bits per heavy atom. The van der Waals surface area contributed by atoms with Crippen molar-refractivity contribution in [1.82, 2.24) is 0 Å². The standard InChI is InChI=1S/C14H19O2/c1-9(2)12-7-6-8-13(16-11(5)15)14(12)10(3)4/h6-7,9-10H,1-5H3. The molecule has 1 aromatic carbocycles. The molecular weight excluding hydrogens is 200 g/mol. The molecule has 1 radical (unpaired) electrons. The van der Waals surface area contributed by atoms with Crippen molar-refractivity contribution in [2.45, 2.75) is 46.5 Å². The Labute approximate surface area is 97.6 Å². The molecule has 0 heterocycles. The van der Waals surface area contributed by atoms with Gasteiger partial charge in [-0.1, -0.05) is 39.8 Å². The van der Waals surface area contributed by atoms with E-state index in [1.165, 1.54) is 12.5 Å². The van der Waals surface area contributed by atoms with Crippen LogP contribution in [0.1, 0.15) is 57.6 Å². The van der Waals surface area contributed by atoms with Crippen LogP contribution >= 0.6 is 0 Å². The Balaban J connectivity index is 3.26. The van der Waals surface area contributed by atoms with Crippen LogP contribution in [0.25, 0.3) is 0 Å². The lowest BCUT2D eigenvalue weighted by molar-refractivity contribution is -0.131. The highest BCUT2D eigenvalue weighted by molar-refractivity contribution is 5.70. The van der Waals surface area contributed by atoms with Gasteiger partial charge in [0, 0.05) is 18.6 Å². The molecule has 87 valence electrons. The van der Waals surface area contributed by atoms with Crippen molar-refractivity contribution in [2.75, 3.05) is 0 Å². The first kappa shape index (κ1) is 12.8. The maximum Gasteiger partial charge on any atom is 0.308 e. The van der Waals surface area contributed by atoms with Gasteiger partial charge in [0.1, 0.15) is 5.75 Å². The van der Waals surface area contributed by atoms with Gasteiger partial charge >= 0.3 is 5.97 Å². The van der Waals surface area contributed by atoms with E-state index in [0.717, 1.165) is 5.56 Å². The smallest absolute Gasteiger partial charge is 0.308 e. The fraction of sp³-hybridized carbons (Fsp3) is 0.500. The first-order valence-corrected chi connectivity index (χ1v) is 5.66. The number of esters is 1.